The molecule has 26 heavy (non-hydrogen) atoms. The van der Waals surface area contributed by atoms with Crippen molar-refractivity contribution in [3.8, 4) is 0 Å². The smallest absolute Gasteiger partial charge is 0.191 e. The molecule has 1 aromatic rings. The lowest BCUT2D eigenvalue weighted by Gasteiger charge is -2.61. The Bertz CT molecular complexity index is 586. The van der Waals surface area contributed by atoms with Crippen LogP contribution in [0.3, 0.4) is 0 Å². The van der Waals surface area contributed by atoms with Gasteiger partial charge in [0.25, 0.3) is 0 Å². The molecule has 0 heterocycles. The summed E-state index contributed by atoms with van der Waals surface area (Å²) in [5.41, 5.74) is 1.44. The number of ether oxygens (including phenoxy) is 1. The maximum atomic E-state index is 10.3. The number of benzene rings is 1. The molecule has 3 unspecified atom stereocenters. The van der Waals surface area contributed by atoms with Gasteiger partial charge in [0.15, 0.2) is 5.96 Å². The van der Waals surface area contributed by atoms with E-state index in [1.165, 1.54) is 19.3 Å². The number of rotatable bonds is 8. The van der Waals surface area contributed by atoms with Gasteiger partial charge in [-0.15, -0.1) is 0 Å². The molecule has 0 amide bonds. The molecule has 2 aliphatic carbocycles. The van der Waals surface area contributed by atoms with Gasteiger partial charge in [0, 0.05) is 31.0 Å². The number of nitrogens with one attached hydrogen (secondary N) is 2. The van der Waals surface area contributed by atoms with Gasteiger partial charge in [-0.25, -0.2) is 0 Å². The maximum Gasteiger partial charge on any atom is 0.191 e. The van der Waals surface area contributed by atoms with Gasteiger partial charge in [0.05, 0.1) is 18.8 Å². The molecule has 0 aliphatic heterocycles. The summed E-state index contributed by atoms with van der Waals surface area (Å²) in [7, 11) is 0. The van der Waals surface area contributed by atoms with E-state index in [1.807, 2.05) is 30.3 Å². The Kier molecular flexibility index (Phi) is 6.54. The first-order valence-corrected chi connectivity index (χ1v) is 10.1. The van der Waals surface area contributed by atoms with Crippen molar-refractivity contribution in [1.82, 2.24) is 10.6 Å². The second-order valence-corrected chi connectivity index (χ2v) is 7.53. The van der Waals surface area contributed by atoms with E-state index in [0.29, 0.717) is 30.5 Å². The van der Waals surface area contributed by atoms with E-state index in [0.717, 1.165) is 31.1 Å². The third-order valence-electron chi connectivity index (χ3n) is 5.87. The van der Waals surface area contributed by atoms with Crippen molar-refractivity contribution in [2.45, 2.75) is 64.2 Å². The Labute approximate surface area is 157 Å². The van der Waals surface area contributed by atoms with Gasteiger partial charge >= 0.3 is 0 Å². The van der Waals surface area contributed by atoms with Crippen LogP contribution in [-0.4, -0.2) is 49.0 Å². The Morgan fingerprint density at radius 2 is 2.08 bits per heavy atom. The quantitative estimate of drug-likeness (QED) is 0.493. The zero-order valence-electron chi connectivity index (χ0n) is 16.1. The number of nitrogens with zero attached hydrogens (tertiary/aromatic N) is 1. The molecule has 0 bridgehead atoms. The van der Waals surface area contributed by atoms with Crippen molar-refractivity contribution in [2.75, 3.05) is 19.7 Å². The van der Waals surface area contributed by atoms with Crippen molar-refractivity contribution in [3.05, 3.63) is 35.9 Å². The molecule has 3 N–H and O–H groups in total. The van der Waals surface area contributed by atoms with E-state index in [-0.39, 0.29) is 0 Å². The first kappa shape index (κ1) is 19.2. The van der Waals surface area contributed by atoms with E-state index in [4.69, 9.17) is 4.74 Å². The summed E-state index contributed by atoms with van der Waals surface area (Å²) >= 11 is 0. The largest absolute Gasteiger partial charge is 0.391 e. The number of hydrogen-bond donors (Lipinski definition) is 3. The Morgan fingerprint density at radius 1 is 1.31 bits per heavy atom. The average Bonchev–Trinajstić information content (AvgIpc) is 2.58. The van der Waals surface area contributed by atoms with E-state index in [2.05, 4.69) is 29.5 Å². The zero-order valence-corrected chi connectivity index (χ0v) is 16.1. The molecular formula is C21H33N3O2. The highest BCUT2D eigenvalue weighted by Gasteiger charge is 2.59. The fourth-order valence-corrected chi connectivity index (χ4v) is 4.27. The van der Waals surface area contributed by atoms with Gasteiger partial charge in [-0.2, -0.15) is 0 Å². The molecule has 0 radical (unpaired) electrons. The third kappa shape index (κ3) is 4.21. The first-order valence-electron chi connectivity index (χ1n) is 10.1. The Hall–Kier alpha value is -1.59. The topological polar surface area (TPSA) is 65.9 Å². The predicted molar refractivity (Wildman–Crippen MR) is 105 cm³/mol. The van der Waals surface area contributed by atoms with Gasteiger partial charge in [-0.05, 0) is 38.7 Å². The van der Waals surface area contributed by atoms with Crippen molar-refractivity contribution in [3.63, 3.8) is 0 Å². The molecular weight excluding hydrogens is 326 g/mol. The molecule has 3 rings (SSSR count). The summed E-state index contributed by atoms with van der Waals surface area (Å²) in [6, 6.07) is 10.5. The summed E-state index contributed by atoms with van der Waals surface area (Å²) in [5.74, 6) is 0.811. The van der Waals surface area contributed by atoms with Crippen LogP contribution >= 0.6 is 0 Å². The zero-order chi connectivity index (χ0) is 18.4. The second kappa shape index (κ2) is 8.87. The number of aliphatic imine (C=N–C) groups is 1. The highest BCUT2D eigenvalue weighted by molar-refractivity contribution is 5.80. The minimum atomic E-state index is -0.469. The van der Waals surface area contributed by atoms with E-state index >= 15 is 0 Å². The second-order valence-electron chi connectivity index (χ2n) is 7.53. The summed E-state index contributed by atoms with van der Waals surface area (Å²) in [4.78, 5) is 4.63. The fourth-order valence-electron chi connectivity index (χ4n) is 4.27. The van der Waals surface area contributed by atoms with Crippen LogP contribution in [0.1, 0.15) is 45.1 Å². The van der Waals surface area contributed by atoms with Crippen molar-refractivity contribution in [2.24, 2.45) is 10.4 Å². The van der Waals surface area contributed by atoms with Crippen molar-refractivity contribution >= 4 is 5.96 Å². The monoisotopic (exact) mass is 359 g/mol. The lowest BCUT2D eigenvalue weighted by atomic mass is 9.51. The molecule has 2 saturated carbocycles. The minimum absolute atomic E-state index is 0.300. The number of aliphatic hydroxyl groups excluding tert-OH is 1. The predicted octanol–water partition coefficient (Wildman–Crippen LogP) is 2.49. The molecule has 144 valence electrons. The van der Waals surface area contributed by atoms with Gasteiger partial charge in [-0.3, -0.25) is 4.99 Å². The van der Waals surface area contributed by atoms with Crippen LogP contribution in [0.4, 0.5) is 0 Å². The molecule has 2 fully saturated rings. The molecule has 3 atom stereocenters. The van der Waals surface area contributed by atoms with Gasteiger partial charge in [0.2, 0.25) is 0 Å². The molecule has 1 spiro atoms. The van der Waals surface area contributed by atoms with Crippen LogP contribution in [0.5, 0.6) is 0 Å². The molecule has 2 aliphatic rings. The normalized spacial score (nSPS) is 25.3. The lowest BCUT2D eigenvalue weighted by molar-refractivity contribution is -0.168. The first-order chi connectivity index (χ1) is 12.7. The van der Waals surface area contributed by atoms with Crippen LogP contribution in [-0.2, 0) is 11.2 Å². The number of aliphatic hydroxyl groups is 1. The average molecular weight is 360 g/mol. The van der Waals surface area contributed by atoms with Crippen LogP contribution < -0.4 is 10.6 Å². The van der Waals surface area contributed by atoms with E-state index in [1.54, 1.807) is 0 Å². The molecule has 5 heteroatoms. The van der Waals surface area contributed by atoms with Crippen molar-refractivity contribution < 1.29 is 9.84 Å². The van der Waals surface area contributed by atoms with Crippen LogP contribution in [0.25, 0.3) is 0 Å². The molecule has 1 aromatic carbocycles. The van der Waals surface area contributed by atoms with Gasteiger partial charge < -0.3 is 20.5 Å². The van der Waals surface area contributed by atoms with Crippen LogP contribution in [0, 0.1) is 5.41 Å². The lowest BCUT2D eigenvalue weighted by Crippen LogP contribution is -2.68. The minimum Gasteiger partial charge on any atom is -0.391 e. The van der Waals surface area contributed by atoms with Crippen LogP contribution in [0.15, 0.2) is 35.3 Å². The van der Waals surface area contributed by atoms with Crippen molar-refractivity contribution in [1.29, 1.82) is 0 Å². The van der Waals surface area contributed by atoms with Gasteiger partial charge in [0.1, 0.15) is 0 Å². The Balaban J connectivity index is 1.54. The highest BCUT2D eigenvalue weighted by atomic mass is 16.5. The standard InChI is InChI=1S/C21H33N3O2/c1-3-22-20(23-15-17(25)13-16-9-6-5-7-10-16)24-18-14-19(26-4-2)21(18)11-8-12-21/h5-7,9-10,17-19,25H,3-4,8,11-15H2,1-2H3,(H2,22,23,24). The third-order valence-corrected chi connectivity index (χ3v) is 5.87. The molecule has 0 saturated heterocycles. The maximum absolute atomic E-state index is 10.3. The van der Waals surface area contributed by atoms with Crippen LogP contribution in [0.2, 0.25) is 0 Å². The number of hydrogen-bond acceptors (Lipinski definition) is 3. The van der Waals surface area contributed by atoms with E-state index < -0.39 is 6.10 Å². The fraction of sp³-hybridized carbons (Fsp3) is 0.667. The van der Waals surface area contributed by atoms with E-state index in [9.17, 15) is 5.11 Å². The van der Waals surface area contributed by atoms with Gasteiger partial charge in [-0.1, -0.05) is 36.8 Å². The molecule has 5 nitrogen and oxygen atoms in total. The Morgan fingerprint density at radius 3 is 2.69 bits per heavy atom. The summed E-state index contributed by atoms with van der Waals surface area (Å²) in [5, 5.41) is 17.2. The highest BCUT2D eigenvalue weighted by Crippen LogP contribution is 2.57. The summed E-state index contributed by atoms with van der Waals surface area (Å²) < 4.78 is 5.93. The molecule has 0 aromatic heterocycles. The summed E-state index contributed by atoms with van der Waals surface area (Å²) in [6.45, 7) is 6.15. The number of guanidine groups is 1. The summed E-state index contributed by atoms with van der Waals surface area (Å²) in [6.07, 6.45) is 5.38. The SMILES string of the molecule is CCNC(=NCC(O)Cc1ccccc1)NC1CC(OCC)C12CCC2.